The van der Waals surface area contributed by atoms with E-state index in [-0.39, 0.29) is 12.0 Å². The predicted octanol–water partition coefficient (Wildman–Crippen LogP) is 3.26. The van der Waals surface area contributed by atoms with Crippen LogP contribution in [-0.4, -0.2) is 37.6 Å². The number of carbonyl (C=O) groups excluding carboxylic acids is 3. The zero-order valence-electron chi connectivity index (χ0n) is 17.7. The lowest BCUT2D eigenvalue weighted by Crippen LogP contribution is -2.34. The van der Waals surface area contributed by atoms with Gasteiger partial charge in [-0.2, -0.15) is 0 Å². The maximum absolute atomic E-state index is 12.1. The van der Waals surface area contributed by atoms with E-state index >= 15 is 0 Å². The summed E-state index contributed by atoms with van der Waals surface area (Å²) in [7, 11) is 0. The van der Waals surface area contributed by atoms with E-state index in [1.807, 2.05) is 19.1 Å². The summed E-state index contributed by atoms with van der Waals surface area (Å²) in [5, 5.41) is 2.19. The van der Waals surface area contributed by atoms with Crippen molar-refractivity contribution in [1.29, 1.82) is 0 Å². The van der Waals surface area contributed by atoms with Crippen molar-refractivity contribution in [3.63, 3.8) is 0 Å². The highest BCUT2D eigenvalue weighted by Gasteiger charge is 2.16. The van der Waals surface area contributed by atoms with Crippen LogP contribution >= 0.6 is 0 Å². The first-order chi connectivity index (χ1) is 14.2. The van der Waals surface area contributed by atoms with Crippen molar-refractivity contribution in [2.45, 2.75) is 33.1 Å². The molecule has 0 radical (unpaired) electrons. The fourth-order valence-corrected chi connectivity index (χ4v) is 2.49. The third-order valence-corrected chi connectivity index (χ3v) is 4.12. The van der Waals surface area contributed by atoms with E-state index in [0.717, 1.165) is 5.56 Å². The Labute approximate surface area is 176 Å². The Hall–Kier alpha value is -3.35. The Morgan fingerprint density at radius 2 is 1.40 bits per heavy atom. The summed E-state index contributed by atoms with van der Waals surface area (Å²) in [4.78, 5) is 35.7. The van der Waals surface area contributed by atoms with Crippen LogP contribution < -0.4 is 14.8 Å². The van der Waals surface area contributed by atoms with Crippen LogP contribution in [0, 0.1) is 0 Å². The summed E-state index contributed by atoms with van der Waals surface area (Å²) < 4.78 is 15.4. The lowest BCUT2D eigenvalue weighted by molar-refractivity contribution is -0.150. The molecule has 0 bridgehead atoms. The molecule has 2 amide bonds. The van der Waals surface area contributed by atoms with Gasteiger partial charge in [-0.3, -0.25) is 14.9 Å². The van der Waals surface area contributed by atoms with Crippen molar-refractivity contribution < 1.29 is 28.6 Å². The van der Waals surface area contributed by atoms with Crippen LogP contribution in [0.25, 0.3) is 0 Å². The van der Waals surface area contributed by atoms with Crippen molar-refractivity contribution in [3.8, 4) is 11.5 Å². The minimum Gasteiger partial charge on any atom is -0.494 e. The topological polar surface area (TPSA) is 90.9 Å². The number of hydrogen-bond donors (Lipinski definition) is 1. The van der Waals surface area contributed by atoms with Crippen molar-refractivity contribution in [3.05, 3.63) is 59.7 Å². The molecule has 0 aromatic heterocycles. The smallest absolute Gasteiger partial charge is 0.344 e. The second-order valence-electron chi connectivity index (χ2n) is 7.56. The standard InChI is InChI=1S/C23H27NO6/c1-5-28-18-10-12-19(13-11-18)29-15-21(26)30-14-20(25)24-22(27)16-6-8-17(9-7-16)23(2,3)4/h6-13H,5,14-15H2,1-4H3,(H,24,25,27). The Bertz CT molecular complexity index is 866. The highest BCUT2D eigenvalue weighted by Crippen LogP contribution is 2.22. The lowest BCUT2D eigenvalue weighted by atomic mass is 9.87. The molecule has 0 aliphatic heterocycles. The highest BCUT2D eigenvalue weighted by atomic mass is 16.6. The number of benzene rings is 2. The molecule has 0 saturated carbocycles. The number of esters is 1. The van der Waals surface area contributed by atoms with Gasteiger partial charge in [0.15, 0.2) is 13.2 Å². The summed E-state index contributed by atoms with van der Waals surface area (Å²) in [5.74, 6) is -0.826. The quantitative estimate of drug-likeness (QED) is 0.668. The molecule has 2 rings (SSSR count). The van der Waals surface area contributed by atoms with Crippen molar-refractivity contribution >= 4 is 17.8 Å². The Kier molecular flexibility index (Phi) is 7.98. The van der Waals surface area contributed by atoms with Crippen LogP contribution in [0.1, 0.15) is 43.6 Å². The maximum atomic E-state index is 12.1. The van der Waals surface area contributed by atoms with Gasteiger partial charge in [-0.05, 0) is 54.3 Å². The number of nitrogens with one attached hydrogen (secondary N) is 1. The second-order valence-corrected chi connectivity index (χ2v) is 7.56. The molecule has 30 heavy (non-hydrogen) atoms. The van der Waals surface area contributed by atoms with E-state index in [2.05, 4.69) is 26.1 Å². The number of amides is 2. The third kappa shape index (κ3) is 7.24. The van der Waals surface area contributed by atoms with E-state index in [4.69, 9.17) is 14.2 Å². The first-order valence-corrected chi connectivity index (χ1v) is 9.65. The van der Waals surface area contributed by atoms with Gasteiger partial charge < -0.3 is 14.2 Å². The van der Waals surface area contributed by atoms with Crippen molar-refractivity contribution in [2.24, 2.45) is 0 Å². The van der Waals surface area contributed by atoms with Gasteiger partial charge in [-0.15, -0.1) is 0 Å². The summed E-state index contributed by atoms with van der Waals surface area (Å²) in [6.07, 6.45) is 0. The molecule has 7 nitrogen and oxygen atoms in total. The SMILES string of the molecule is CCOc1ccc(OCC(=O)OCC(=O)NC(=O)c2ccc(C(C)(C)C)cc2)cc1. The Morgan fingerprint density at radius 3 is 1.93 bits per heavy atom. The molecular formula is C23H27NO6. The lowest BCUT2D eigenvalue weighted by Gasteiger charge is -2.19. The molecule has 0 aliphatic carbocycles. The molecule has 160 valence electrons. The molecule has 0 heterocycles. The largest absolute Gasteiger partial charge is 0.494 e. The molecule has 0 aliphatic rings. The molecule has 1 N–H and O–H groups in total. The summed E-state index contributed by atoms with van der Waals surface area (Å²) in [5.41, 5.74) is 1.39. The van der Waals surface area contributed by atoms with Crippen LogP contribution in [0.4, 0.5) is 0 Å². The fourth-order valence-electron chi connectivity index (χ4n) is 2.49. The molecule has 2 aromatic rings. The van der Waals surface area contributed by atoms with E-state index in [0.29, 0.717) is 23.7 Å². The highest BCUT2D eigenvalue weighted by molar-refractivity contribution is 6.05. The number of carbonyl (C=O) groups is 3. The molecule has 0 saturated heterocycles. The molecular weight excluding hydrogens is 386 g/mol. The number of rotatable bonds is 8. The monoisotopic (exact) mass is 413 g/mol. The van der Waals surface area contributed by atoms with Gasteiger partial charge in [-0.25, -0.2) is 4.79 Å². The van der Waals surface area contributed by atoms with Crippen LogP contribution in [0.15, 0.2) is 48.5 Å². The minimum absolute atomic E-state index is 0.0353. The van der Waals surface area contributed by atoms with Gasteiger partial charge in [0.05, 0.1) is 6.61 Å². The molecule has 0 unspecified atom stereocenters. The van der Waals surface area contributed by atoms with Crippen molar-refractivity contribution in [1.82, 2.24) is 5.32 Å². The third-order valence-electron chi connectivity index (χ3n) is 4.12. The van der Waals surface area contributed by atoms with Crippen molar-refractivity contribution in [2.75, 3.05) is 19.8 Å². The second kappa shape index (κ2) is 10.4. The zero-order valence-corrected chi connectivity index (χ0v) is 17.7. The average molecular weight is 413 g/mol. The fraction of sp³-hybridized carbons (Fsp3) is 0.348. The Balaban J connectivity index is 1.74. The molecule has 2 aromatic carbocycles. The summed E-state index contributed by atoms with van der Waals surface area (Å²) >= 11 is 0. The number of imide groups is 1. The first-order valence-electron chi connectivity index (χ1n) is 9.65. The van der Waals surface area contributed by atoms with Gasteiger partial charge >= 0.3 is 5.97 Å². The van der Waals surface area contributed by atoms with Crippen LogP contribution in [0.5, 0.6) is 11.5 Å². The van der Waals surface area contributed by atoms with Crippen LogP contribution in [-0.2, 0) is 19.7 Å². The van der Waals surface area contributed by atoms with Crippen LogP contribution in [0.3, 0.4) is 0 Å². The van der Waals surface area contributed by atoms with Gasteiger partial charge in [0.2, 0.25) is 0 Å². The van der Waals surface area contributed by atoms with E-state index in [1.165, 1.54) is 0 Å². The molecule has 0 spiro atoms. The predicted molar refractivity (Wildman–Crippen MR) is 112 cm³/mol. The van der Waals surface area contributed by atoms with Gasteiger partial charge in [0, 0.05) is 5.56 Å². The Morgan fingerprint density at radius 1 is 0.833 bits per heavy atom. The first kappa shape index (κ1) is 22.9. The number of hydrogen-bond acceptors (Lipinski definition) is 6. The molecule has 0 atom stereocenters. The zero-order chi connectivity index (χ0) is 22.1. The average Bonchev–Trinajstić information content (AvgIpc) is 2.71. The summed E-state index contributed by atoms with van der Waals surface area (Å²) in [6.45, 7) is 7.71. The van der Waals surface area contributed by atoms with E-state index < -0.39 is 24.4 Å². The van der Waals surface area contributed by atoms with Crippen LogP contribution in [0.2, 0.25) is 0 Å². The normalized spacial score (nSPS) is 10.8. The summed E-state index contributed by atoms with van der Waals surface area (Å²) in [6, 6.07) is 13.8. The van der Waals surface area contributed by atoms with Gasteiger partial charge in [0.25, 0.3) is 11.8 Å². The molecule has 0 fully saturated rings. The molecule has 7 heteroatoms. The van der Waals surface area contributed by atoms with E-state index in [1.54, 1.807) is 36.4 Å². The van der Waals surface area contributed by atoms with Gasteiger partial charge in [0.1, 0.15) is 11.5 Å². The minimum atomic E-state index is -0.721. The van der Waals surface area contributed by atoms with E-state index in [9.17, 15) is 14.4 Å². The maximum Gasteiger partial charge on any atom is 0.344 e. The number of ether oxygens (including phenoxy) is 3. The van der Waals surface area contributed by atoms with Gasteiger partial charge in [-0.1, -0.05) is 32.9 Å².